The van der Waals surface area contributed by atoms with Crippen LogP contribution in [0, 0.1) is 0 Å². The number of carbonyl (C=O) groups is 2. The van der Waals surface area contributed by atoms with Crippen molar-refractivity contribution in [2.24, 2.45) is 0 Å². The minimum Gasteiger partial charge on any atom is -0.351 e. The summed E-state index contributed by atoms with van der Waals surface area (Å²) in [6.45, 7) is 6.04. The number of likely N-dealkylation sites (tertiary alicyclic amines) is 1. The Hall–Kier alpha value is -2.70. The maximum Gasteiger partial charge on any atom is 0.254 e. The van der Waals surface area contributed by atoms with E-state index in [0.29, 0.717) is 24.3 Å². The third-order valence-corrected chi connectivity index (χ3v) is 4.80. The Bertz CT molecular complexity index is 779. The predicted octanol–water partition coefficient (Wildman–Crippen LogP) is 2.52. The molecular weight excluding hydrogens is 342 g/mol. The fourth-order valence-corrected chi connectivity index (χ4v) is 3.43. The lowest BCUT2D eigenvalue weighted by molar-refractivity contribution is -0.131. The van der Waals surface area contributed by atoms with Crippen molar-refractivity contribution in [3.8, 4) is 5.82 Å². The first kappa shape index (κ1) is 19.1. The van der Waals surface area contributed by atoms with Crippen LogP contribution in [-0.2, 0) is 4.79 Å². The normalized spacial score (nSPS) is 14.4. The van der Waals surface area contributed by atoms with Gasteiger partial charge in [0.15, 0.2) is 5.82 Å². The Morgan fingerprint density at radius 1 is 1.19 bits per heavy atom. The zero-order chi connectivity index (χ0) is 19.2. The third kappa shape index (κ3) is 4.53. The maximum atomic E-state index is 12.7. The number of carbonyl (C=O) groups excluding carboxylic acids is 2. The first-order chi connectivity index (χ1) is 13.1. The van der Waals surface area contributed by atoms with E-state index in [-0.39, 0.29) is 17.7 Å². The molecule has 1 aliphatic rings. The van der Waals surface area contributed by atoms with Crippen molar-refractivity contribution in [1.82, 2.24) is 25.0 Å². The number of hydrogen-bond acceptors (Lipinski definition) is 4. The van der Waals surface area contributed by atoms with Gasteiger partial charge in [-0.25, -0.2) is 9.67 Å². The van der Waals surface area contributed by atoms with Crippen LogP contribution < -0.4 is 5.32 Å². The molecule has 144 valence electrons. The highest BCUT2D eigenvalue weighted by Gasteiger charge is 2.22. The molecule has 1 saturated heterocycles. The van der Waals surface area contributed by atoms with Gasteiger partial charge in [-0.2, -0.15) is 5.10 Å². The Morgan fingerprint density at radius 3 is 2.63 bits per heavy atom. The lowest BCUT2D eigenvalue weighted by atomic mass is 10.1. The van der Waals surface area contributed by atoms with E-state index in [1.165, 1.54) is 6.42 Å². The molecule has 1 N–H and O–H groups in total. The van der Waals surface area contributed by atoms with E-state index in [0.717, 1.165) is 31.6 Å². The smallest absolute Gasteiger partial charge is 0.254 e. The van der Waals surface area contributed by atoms with Gasteiger partial charge in [0.25, 0.3) is 5.91 Å². The average molecular weight is 369 g/mol. The SMILES string of the molecule is CC(C)c1c(C(=O)NCCC(=O)N2CCCCC2)cnn1-c1ccccn1. The van der Waals surface area contributed by atoms with Gasteiger partial charge < -0.3 is 10.2 Å². The topological polar surface area (TPSA) is 80.1 Å². The summed E-state index contributed by atoms with van der Waals surface area (Å²) < 4.78 is 1.71. The molecule has 3 heterocycles. The number of nitrogens with one attached hydrogen (secondary N) is 1. The zero-order valence-electron chi connectivity index (χ0n) is 16.0. The first-order valence-electron chi connectivity index (χ1n) is 9.63. The number of rotatable bonds is 6. The maximum absolute atomic E-state index is 12.7. The van der Waals surface area contributed by atoms with Crippen LogP contribution in [-0.4, -0.2) is 51.1 Å². The second-order valence-corrected chi connectivity index (χ2v) is 7.15. The van der Waals surface area contributed by atoms with E-state index in [1.807, 2.05) is 36.9 Å². The van der Waals surface area contributed by atoms with Gasteiger partial charge >= 0.3 is 0 Å². The van der Waals surface area contributed by atoms with Crippen LogP contribution in [0.3, 0.4) is 0 Å². The molecule has 1 fully saturated rings. The first-order valence-corrected chi connectivity index (χ1v) is 9.63. The summed E-state index contributed by atoms with van der Waals surface area (Å²) in [7, 11) is 0. The minimum absolute atomic E-state index is 0.102. The Balaban J connectivity index is 1.64. The van der Waals surface area contributed by atoms with Crippen molar-refractivity contribution in [2.45, 2.75) is 45.4 Å². The van der Waals surface area contributed by atoms with Gasteiger partial charge in [-0.15, -0.1) is 0 Å². The van der Waals surface area contributed by atoms with Crippen molar-refractivity contribution < 1.29 is 9.59 Å². The molecule has 0 spiro atoms. The fraction of sp³-hybridized carbons (Fsp3) is 0.500. The number of aromatic nitrogens is 3. The largest absolute Gasteiger partial charge is 0.351 e. The molecule has 7 heteroatoms. The lowest BCUT2D eigenvalue weighted by Crippen LogP contribution is -2.37. The lowest BCUT2D eigenvalue weighted by Gasteiger charge is -2.26. The van der Waals surface area contributed by atoms with Crippen LogP contribution in [0.25, 0.3) is 5.82 Å². The van der Waals surface area contributed by atoms with Gasteiger partial charge in [-0.3, -0.25) is 9.59 Å². The van der Waals surface area contributed by atoms with Crippen molar-refractivity contribution in [2.75, 3.05) is 19.6 Å². The molecule has 0 unspecified atom stereocenters. The zero-order valence-corrected chi connectivity index (χ0v) is 16.0. The summed E-state index contributed by atoms with van der Waals surface area (Å²) in [5.74, 6) is 0.696. The predicted molar refractivity (Wildman–Crippen MR) is 103 cm³/mol. The molecule has 0 atom stereocenters. The number of pyridine rings is 1. The van der Waals surface area contributed by atoms with Gasteiger partial charge in [0.1, 0.15) is 0 Å². The summed E-state index contributed by atoms with van der Waals surface area (Å²) in [5, 5.41) is 7.23. The van der Waals surface area contributed by atoms with Crippen molar-refractivity contribution in [1.29, 1.82) is 0 Å². The molecule has 0 bridgehead atoms. The molecule has 2 aromatic rings. The van der Waals surface area contributed by atoms with Crippen molar-refractivity contribution in [3.05, 3.63) is 41.9 Å². The monoisotopic (exact) mass is 369 g/mol. The molecule has 0 radical (unpaired) electrons. The van der Waals surface area contributed by atoms with E-state index < -0.39 is 0 Å². The van der Waals surface area contributed by atoms with Gasteiger partial charge in [0, 0.05) is 32.3 Å². The van der Waals surface area contributed by atoms with Crippen LogP contribution in [0.5, 0.6) is 0 Å². The number of piperidine rings is 1. The molecule has 27 heavy (non-hydrogen) atoms. The third-order valence-electron chi connectivity index (χ3n) is 4.80. The highest BCUT2D eigenvalue weighted by Crippen LogP contribution is 2.22. The van der Waals surface area contributed by atoms with Gasteiger partial charge in [-0.1, -0.05) is 19.9 Å². The molecule has 1 aliphatic heterocycles. The van der Waals surface area contributed by atoms with Crippen LogP contribution in [0.15, 0.2) is 30.6 Å². The van der Waals surface area contributed by atoms with Crippen molar-refractivity contribution >= 4 is 11.8 Å². The summed E-state index contributed by atoms with van der Waals surface area (Å²) in [6, 6.07) is 5.59. The molecule has 2 amide bonds. The molecule has 7 nitrogen and oxygen atoms in total. The quantitative estimate of drug-likeness (QED) is 0.848. The fourth-order valence-electron chi connectivity index (χ4n) is 3.43. The van der Waals surface area contributed by atoms with Crippen LogP contribution in [0.1, 0.15) is 61.5 Å². The van der Waals surface area contributed by atoms with E-state index in [4.69, 9.17) is 0 Å². The molecule has 2 aromatic heterocycles. The summed E-state index contributed by atoms with van der Waals surface area (Å²) >= 11 is 0. The Labute approximate surface area is 159 Å². The summed E-state index contributed by atoms with van der Waals surface area (Å²) in [6.07, 6.45) is 6.94. The minimum atomic E-state index is -0.202. The van der Waals surface area contributed by atoms with Gasteiger partial charge in [0.05, 0.1) is 17.5 Å². The molecule has 3 rings (SSSR count). The highest BCUT2D eigenvalue weighted by molar-refractivity contribution is 5.95. The van der Waals surface area contributed by atoms with Crippen LogP contribution in [0.4, 0.5) is 0 Å². The Kier molecular flexibility index (Phi) is 6.21. The highest BCUT2D eigenvalue weighted by atomic mass is 16.2. The molecular formula is C20H27N5O2. The van der Waals surface area contributed by atoms with E-state index in [9.17, 15) is 9.59 Å². The van der Waals surface area contributed by atoms with E-state index >= 15 is 0 Å². The number of amides is 2. The van der Waals surface area contributed by atoms with Gasteiger partial charge in [-0.05, 0) is 37.3 Å². The summed E-state index contributed by atoms with van der Waals surface area (Å²) in [5.41, 5.74) is 1.34. The Morgan fingerprint density at radius 2 is 1.96 bits per heavy atom. The second kappa shape index (κ2) is 8.79. The van der Waals surface area contributed by atoms with E-state index in [1.54, 1.807) is 17.1 Å². The number of hydrogen-bond donors (Lipinski definition) is 1. The van der Waals surface area contributed by atoms with E-state index in [2.05, 4.69) is 15.4 Å². The van der Waals surface area contributed by atoms with Gasteiger partial charge in [0.2, 0.25) is 5.91 Å². The van der Waals surface area contributed by atoms with Crippen LogP contribution in [0.2, 0.25) is 0 Å². The average Bonchev–Trinajstić information content (AvgIpc) is 3.15. The number of nitrogens with zero attached hydrogens (tertiary/aromatic N) is 4. The van der Waals surface area contributed by atoms with Crippen LogP contribution >= 0.6 is 0 Å². The molecule has 0 saturated carbocycles. The molecule has 0 aromatic carbocycles. The van der Waals surface area contributed by atoms with Crippen molar-refractivity contribution in [3.63, 3.8) is 0 Å². The summed E-state index contributed by atoms with van der Waals surface area (Å²) in [4.78, 5) is 31.1. The standard InChI is InChI=1S/C20H27N5O2/c1-15(2)19-16(14-23-25(19)17-8-4-5-10-21-17)20(27)22-11-9-18(26)24-12-6-3-7-13-24/h4-5,8,10,14-15H,3,6-7,9,11-13H2,1-2H3,(H,22,27). The molecule has 0 aliphatic carbocycles. The second-order valence-electron chi connectivity index (χ2n) is 7.15.